The van der Waals surface area contributed by atoms with Crippen LogP contribution in [0, 0.1) is 21.4 Å². The molecule has 3 aromatic rings. The van der Waals surface area contributed by atoms with Crippen LogP contribution in [0.3, 0.4) is 0 Å². The highest BCUT2D eigenvalue weighted by atomic mass is 16.6. The van der Waals surface area contributed by atoms with Crippen LogP contribution in [-0.2, 0) is 6.54 Å². The van der Waals surface area contributed by atoms with Gasteiger partial charge in [0.25, 0.3) is 11.6 Å². The second kappa shape index (κ2) is 7.52. The van der Waals surface area contributed by atoms with Crippen LogP contribution in [0.25, 0.3) is 11.5 Å². The number of carbonyl (C=O) groups is 1. The minimum atomic E-state index is -0.494. The number of nitriles is 1. The van der Waals surface area contributed by atoms with E-state index < -0.39 is 4.92 Å². The number of aromatic nitrogens is 2. The highest BCUT2D eigenvalue weighted by Gasteiger charge is 2.34. The third-order valence-corrected chi connectivity index (χ3v) is 4.59. The molecule has 29 heavy (non-hydrogen) atoms. The second-order valence-corrected chi connectivity index (χ2v) is 6.66. The predicted octanol–water partition coefficient (Wildman–Crippen LogP) is 3.32. The summed E-state index contributed by atoms with van der Waals surface area (Å²) in [5.74, 6) is 0.234. The molecule has 0 radical (unpaired) electrons. The van der Waals surface area contributed by atoms with Gasteiger partial charge in [0.15, 0.2) is 0 Å². The zero-order chi connectivity index (χ0) is 20.4. The van der Waals surface area contributed by atoms with Gasteiger partial charge in [-0.1, -0.05) is 6.07 Å². The molecule has 0 unspecified atom stereocenters. The van der Waals surface area contributed by atoms with Gasteiger partial charge < -0.3 is 9.32 Å². The Labute approximate surface area is 165 Å². The number of benzene rings is 2. The van der Waals surface area contributed by atoms with E-state index in [9.17, 15) is 14.9 Å². The van der Waals surface area contributed by atoms with Gasteiger partial charge in [-0.2, -0.15) is 5.26 Å². The minimum Gasteiger partial charge on any atom is -0.419 e. The molecule has 144 valence electrons. The lowest BCUT2D eigenvalue weighted by Crippen LogP contribution is -2.32. The number of hydrogen-bond donors (Lipinski definition) is 0. The Balaban J connectivity index is 1.54. The molecule has 0 spiro atoms. The first-order valence-electron chi connectivity index (χ1n) is 8.93. The monoisotopic (exact) mass is 389 g/mol. The van der Waals surface area contributed by atoms with Crippen molar-refractivity contribution in [2.75, 3.05) is 0 Å². The van der Waals surface area contributed by atoms with E-state index in [-0.39, 0.29) is 36.0 Å². The van der Waals surface area contributed by atoms with E-state index in [0.29, 0.717) is 16.7 Å². The number of hydrogen-bond acceptors (Lipinski definition) is 7. The summed E-state index contributed by atoms with van der Waals surface area (Å²) in [5, 5.41) is 27.8. The molecule has 0 atom stereocenters. The first-order valence-corrected chi connectivity index (χ1v) is 8.93. The second-order valence-electron chi connectivity index (χ2n) is 6.66. The fraction of sp³-hybridized carbons (Fsp3) is 0.200. The van der Waals surface area contributed by atoms with Gasteiger partial charge in [-0.15, -0.1) is 10.2 Å². The average molecular weight is 389 g/mol. The van der Waals surface area contributed by atoms with Crippen molar-refractivity contribution in [2.24, 2.45) is 0 Å². The summed E-state index contributed by atoms with van der Waals surface area (Å²) in [6, 6.07) is 14.5. The van der Waals surface area contributed by atoms with Crippen LogP contribution < -0.4 is 0 Å². The first kappa shape index (κ1) is 18.3. The predicted molar refractivity (Wildman–Crippen MR) is 100 cm³/mol. The van der Waals surface area contributed by atoms with Crippen molar-refractivity contribution in [3.8, 4) is 17.5 Å². The molecule has 1 aliphatic rings. The van der Waals surface area contributed by atoms with Gasteiger partial charge in [-0.25, -0.2) is 0 Å². The normalized spacial score (nSPS) is 12.9. The summed E-state index contributed by atoms with van der Waals surface area (Å²) in [4.78, 5) is 25.0. The number of nitro benzene ring substituents is 1. The summed E-state index contributed by atoms with van der Waals surface area (Å²) >= 11 is 0. The zero-order valence-electron chi connectivity index (χ0n) is 15.2. The van der Waals surface area contributed by atoms with Crippen molar-refractivity contribution < 1.29 is 14.1 Å². The summed E-state index contributed by atoms with van der Waals surface area (Å²) in [6.07, 6.45) is 1.79. The van der Waals surface area contributed by atoms with Crippen molar-refractivity contribution >= 4 is 11.6 Å². The average Bonchev–Trinajstić information content (AvgIpc) is 3.49. The lowest BCUT2D eigenvalue weighted by molar-refractivity contribution is -0.384. The highest BCUT2D eigenvalue weighted by Crippen LogP contribution is 2.30. The molecular formula is C20H15N5O4. The van der Waals surface area contributed by atoms with Crippen LogP contribution in [0.15, 0.2) is 52.9 Å². The molecule has 4 rings (SSSR count). The molecule has 0 bridgehead atoms. The Morgan fingerprint density at radius 2 is 2.00 bits per heavy atom. The van der Waals surface area contributed by atoms with E-state index in [1.54, 1.807) is 41.3 Å². The van der Waals surface area contributed by atoms with Crippen molar-refractivity contribution in [2.45, 2.75) is 25.4 Å². The quantitative estimate of drug-likeness (QED) is 0.467. The lowest BCUT2D eigenvalue weighted by Gasteiger charge is -2.20. The summed E-state index contributed by atoms with van der Waals surface area (Å²) in [7, 11) is 0. The molecule has 0 aliphatic heterocycles. The molecule has 0 N–H and O–H groups in total. The van der Waals surface area contributed by atoms with Gasteiger partial charge >= 0.3 is 0 Å². The summed E-state index contributed by atoms with van der Waals surface area (Å²) in [5.41, 5.74) is 1.33. The largest absolute Gasteiger partial charge is 0.419 e. The number of non-ortho nitro benzene ring substituents is 1. The SMILES string of the molecule is N#Cc1ccc(C(=O)N(Cc2nnc(-c3cccc([N+](=O)[O-])c3)o2)C2CC2)cc1. The molecule has 1 aliphatic carbocycles. The minimum absolute atomic E-state index is 0.0714. The smallest absolute Gasteiger partial charge is 0.270 e. The van der Waals surface area contributed by atoms with Gasteiger partial charge in [0, 0.05) is 29.3 Å². The first-order chi connectivity index (χ1) is 14.0. The zero-order valence-corrected chi connectivity index (χ0v) is 15.2. The van der Waals surface area contributed by atoms with E-state index in [0.717, 1.165) is 12.8 Å². The van der Waals surface area contributed by atoms with Gasteiger partial charge in [-0.05, 0) is 43.2 Å². The van der Waals surface area contributed by atoms with Crippen molar-refractivity contribution in [3.63, 3.8) is 0 Å². The molecule has 1 fully saturated rings. The number of carbonyl (C=O) groups excluding carboxylic acids is 1. The summed E-state index contributed by atoms with van der Waals surface area (Å²) in [6.45, 7) is 0.144. The molecule has 2 aromatic carbocycles. The molecule has 1 saturated carbocycles. The standard InChI is InChI=1S/C20H15N5O4/c21-11-13-4-6-14(7-5-13)20(26)24(16-8-9-16)12-18-22-23-19(29-18)15-2-1-3-17(10-15)25(27)28/h1-7,10,16H,8-9,12H2. The summed E-state index contributed by atoms with van der Waals surface area (Å²) < 4.78 is 5.65. The van der Waals surface area contributed by atoms with E-state index in [4.69, 9.17) is 9.68 Å². The van der Waals surface area contributed by atoms with Crippen molar-refractivity contribution in [3.05, 3.63) is 75.7 Å². The molecule has 9 heteroatoms. The lowest BCUT2D eigenvalue weighted by atomic mass is 10.1. The van der Waals surface area contributed by atoms with Gasteiger partial charge in [0.05, 0.1) is 23.1 Å². The fourth-order valence-electron chi connectivity index (χ4n) is 2.94. The van der Waals surface area contributed by atoms with E-state index in [1.807, 2.05) is 6.07 Å². The maximum atomic E-state index is 12.9. The number of rotatable bonds is 6. The van der Waals surface area contributed by atoms with E-state index in [1.165, 1.54) is 12.1 Å². The maximum Gasteiger partial charge on any atom is 0.270 e. The van der Waals surface area contributed by atoms with Crippen molar-refractivity contribution in [1.29, 1.82) is 5.26 Å². The third-order valence-electron chi connectivity index (χ3n) is 4.59. The topological polar surface area (TPSA) is 126 Å². The Morgan fingerprint density at radius 1 is 1.24 bits per heavy atom. The third kappa shape index (κ3) is 3.96. The van der Waals surface area contributed by atoms with Gasteiger partial charge in [0.1, 0.15) is 0 Å². The maximum absolute atomic E-state index is 12.9. The van der Waals surface area contributed by atoms with Crippen LogP contribution in [0.1, 0.15) is 34.7 Å². The van der Waals surface area contributed by atoms with E-state index >= 15 is 0 Å². The Morgan fingerprint density at radius 3 is 2.66 bits per heavy atom. The van der Waals surface area contributed by atoms with Crippen LogP contribution in [0.5, 0.6) is 0 Å². The van der Waals surface area contributed by atoms with Crippen LogP contribution in [0.4, 0.5) is 5.69 Å². The Bertz CT molecular complexity index is 1110. The fourth-order valence-corrected chi connectivity index (χ4v) is 2.94. The molecule has 1 aromatic heterocycles. The molecule has 1 heterocycles. The van der Waals surface area contributed by atoms with E-state index in [2.05, 4.69) is 10.2 Å². The van der Waals surface area contributed by atoms with Crippen molar-refractivity contribution in [1.82, 2.24) is 15.1 Å². The number of nitrogens with zero attached hydrogens (tertiary/aromatic N) is 5. The Hall–Kier alpha value is -4.06. The Kier molecular flexibility index (Phi) is 4.75. The molecule has 1 amide bonds. The molecule has 0 saturated heterocycles. The van der Waals surface area contributed by atoms with Crippen LogP contribution >= 0.6 is 0 Å². The number of nitro groups is 1. The molecule has 9 nitrogen and oxygen atoms in total. The molecular weight excluding hydrogens is 374 g/mol. The van der Waals surface area contributed by atoms with Crippen LogP contribution in [0.2, 0.25) is 0 Å². The van der Waals surface area contributed by atoms with Gasteiger partial charge in [-0.3, -0.25) is 14.9 Å². The number of amides is 1. The van der Waals surface area contributed by atoms with Gasteiger partial charge in [0.2, 0.25) is 11.8 Å². The highest BCUT2D eigenvalue weighted by molar-refractivity contribution is 5.94. The van der Waals surface area contributed by atoms with Crippen LogP contribution in [-0.4, -0.2) is 32.0 Å².